The average molecular weight is 278 g/mol. The molecule has 2 aromatic rings. The van der Waals surface area contributed by atoms with E-state index in [2.05, 4.69) is 17.2 Å². The Bertz CT molecular complexity index is 635. The van der Waals surface area contributed by atoms with Gasteiger partial charge in [-0.25, -0.2) is 0 Å². The van der Waals surface area contributed by atoms with Gasteiger partial charge in [-0.15, -0.1) is 0 Å². The number of thiazole rings is 1. The fraction of sp³-hybridized carbons (Fsp3) is 0.308. The molecule has 1 aromatic heterocycles. The number of benzene rings is 1. The first-order chi connectivity index (χ1) is 9.22. The fourth-order valence-corrected chi connectivity index (χ4v) is 2.55. The van der Waals surface area contributed by atoms with Crippen LogP contribution in [0.15, 0.2) is 28.4 Å². The number of aromatic amines is 1. The van der Waals surface area contributed by atoms with E-state index in [-0.39, 0.29) is 17.7 Å². The third-order valence-corrected chi connectivity index (χ3v) is 3.78. The molecular formula is C13H14N2O3S. The molecule has 1 aliphatic heterocycles. The van der Waals surface area contributed by atoms with Crippen molar-refractivity contribution in [3.8, 4) is 11.5 Å². The summed E-state index contributed by atoms with van der Waals surface area (Å²) in [5.41, 5.74) is 2.03. The molecule has 19 heavy (non-hydrogen) atoms. The summed E-state index contributed by atoms with van der Waals surface area (Å²) in [6, 6.07) is 6.08. The number of ether oxygens (including phenoxy) is 2. The number of fused-ring (bicyclic) bond motifs is 1. The molecule has 1 atom stereocenters. The summed E-state index contributed by atoms with van der Waals surface area (Å²) in [7, 11) is 0. The zero-order chi connectivity index (χ0) is 13.2. The Morgan fingerprint density at radius 1 is 1.42 bits per heavy atom. The van der Waals surface area contributed by atoms with Crippen molar-refractivity contribution in [2.75, 3.05) is 6.79 Å². The molecular weight excluding hydrogens is 264 g/mol. The van der Waals surface area contributed by atoms with Crippen LogP contribution in [0, 0.1) is 0 Å². The lowest BCUT2D eigenvalue weighted by Gasteiger charge is -2.14. The number of H-pyrrole nitrogens is 1. The number of hydrogen-bond donors (Lipinski definition) is 2. The van der Waals surface area contributed by atoms with Crippen LogP contribution in [0.2, 0.25) is 0 Å². The lowest BCUT2D eigenvalue weighted by atomic mass is 10.1. The van der Waals surface area contributed by atoms with Crippen LogP contribution in [0.4, 0.5) is 0 Å². The summed E-state index contributed by atoms with van der Waals surface area (Å²) in [6.45, 7) is 2.99. The smallest absolute Gasteiger partial charge is 0.304 e. The van der Waals surface area contributed by atoms with Crippen molar-refractivity contribution in [1.82, 2.24) is 10.3 Å². The second-order valence-electron chi connectivity index (χ2n) is 4.39. The maximum atomic E-state index is 11.0. The van der Waals surface area contributed by atoms with E-state index in [1.807, 2.05) is 23.6 Å². The zero-order valence-electron chi connectivity index (χ0n) is 10.4. The molecule has 0 amide bonds. The van der Waals surface area contributed by atoms with Gasteiger partial charge in [0.05, 0.1) is 0 Å². The quantitative estimate of drug-likeness (QED) is 0.898. The minimum absolute atomic E-state index is 0.0208. The number of rotatable bonds is 4. The van der Waals surface area contributed by atoms with Crippen LogP contribution in [0.5, 0.6) is 11.5 Å². The molecule has 0 radical (unpaired) electrons. The van der Waals surface area contributed by atoms with E-state index < -0.39 is 0 Å². The van der Waals surface area contributed by atoms with Crippen LogP contribution < -0.4 is 19.7 Å². The van der Waals surface area contributed by atoms with Crippen molar-refractivity contribution >= 4 is 11.3 Å². The molecule has 1 aliphatic rings. The molecule has 0 spiro atoms. The van der Waals surface area contributed by atoms with Crippen molar-refractivity contribution in [3.05, 3.63) is 44.5 Å². The van der Waals surface area contributed by atoms with E-state index in [0.29, 0.717) is 6.54 Å². The summed E-state index contributed by atoms with van der Waals surface area (Å²) in [6.07, 6.45) is 0. The lowest BCUT2D eigenvalue weighted by Crippen LogP contribution is -2.18. The minimum Gasteiger partial charge on any atom is -0.454 e. The maximum absolute atomic E-state index is 11.0. The van der Waals surface area contributed by atoms with Crippen LogP contribution in [0.1, 0.15) is 24.2 Å². The van der Waals surface area contributed by atoms with Crippen molar-refractivity contribution in [2.45, 2.75) is 19.5 Å². The summed E-state index contributed by atoms with van der Waals surface area (Å²) in [4.78, 5) is 13.8. The Morgan fingerprint density at radius 3 is 3.05 bits per heavy atom. The summed E-state index contributed by atoms with van der Waals surface area (Å²) in [5.74, 6) is 1.58. The Hall–Kier alpha value is -1.79. The summed E-state index contributed by atoms with van der Waals surface area (Å²) >= 11 is 1.18. The van der Waals surface area contributed by atoms with Crippen molar-refractivity contribution in [3.63, 3.8) is 0 Å². The highest BCUT2D eigenvalue weighted by Crippen LogP contribution is 2.34. The molecule has 5 nitrogen and oxygen atoms in total. The van der Waals surface area contributed by atoms with Crippen LogP contribution in [-0.4, -0.2) is 11.8 Å². The number of hydrogen-bond acceptors (Lipinski definition) is 5. The van der Waals surface area contributed by atoms with Crippen LogP contribution in [0.25, 0.3) is 0 Å². The third-order valence-electron chi connectivity index (χ3n) is 3.07. The van der Waals surface area contributed by atoms with E-state index in [1.54, 1.807) is 0 Å². The molecule has 2 N–H and O–H groups in total. The summed E-state index contributed by atoms with van der Waals surface area (Å²) < 4.78 is 10.6. The van der Waals surface area contributed by atoms with Gasteiger partial charge in [0.25, 0.3) is 0 Å². The van der Waals surface area contributed by atoms with E-state index in [9.17, 15) is 4.79 Å². The molecule has 100 valence electrons. The molecule has 1 aromatic carbocycles. The summed E-state index contributed by atoms with van der Waals surface area (Å²) in [5, 5.41) is 5.19. The van der Waals surface area contributed by atoms with Crippen molar-refractivity contribution in [1.29, 1.82) is 0 Å². The van der Waals surface area contributed by atoms with Gasteiger partial charge in [0, 0.05) is 23.7 Å². The first-order valence-electron chi connectivity index (χ1n) is 6.02. The van der Waals surface area contributed by atoms with Gasteiger partial charge in [-0.05, 0) is 24.6 Å². The molecule has 3 rings (SSSR count). The first kappa shape index (κ1) is 12.3. The van der Waals surface area contributed by atoms with Gasteiger partial charge >= 0.3 is 4.87 Å². The monoisotopic (exact) mass is 278 g/mol. The normalized spacial score (nSPS) is 14.6. The van der Waals surface area contributed by atoms with Gasteiger partial charge in [-0.2, -0.15) is 0 Å². The van der Waals surface area contributed by atoms with E-state index >= 15 is 0 Å². The largest absolute Gasteiger partial charge is 0.454 e. The van der Waals surface area contributed by atoms with E-state index in [4.69, 9.17) is 9.47 Å². The van der Waals surface area contributed by atoms with Gasteiger partial charge in [-0.3, -0.25) is 4.79 Å². The number of nitrogens with one attached hydrogen (secondary N) is 2. The van der Waals surface area contributed by atoms with Gasteiger partial charge < -0.3 is 19.8 Å². The van der Waals surface area contributed by atoms with E-state index in [1.165, 1.54) is 11.3 Å². The van der Waals surface area contributed by atoms with Crippen LogP contribution in [-0.2, 0) is 6.54 Å². The molecule has 1 unspecified atom stereocenters. The SMILES string of the molecule is CC(NCc1csc(=O)[nH]1)c1ccc2c(c1)OCO2. The standard InChI is InChI=1S/C13H14N2O3S/c1-8(14-5-10-6-19-13(16)15-10)9-2-3-11-12(4-9)18-7-17-11/h2-4,6,8,14H,5,7H2,1H3,(H,15,16). The van der Waals surface area contributed by atoms with Gasteiger partial charge in [0.15, 0.2) is 11.5 Å². The molecule has 0 fully saturated rings. The molecule has 0 aliphatic carbocycles. The highest BCUT2D eigenvalue weighted by atomic mass is 32.1. The minimum atomic E-state index is -0.0208. The average Bonchev–Trinajstić information content (AvgIpc) is 3.03. The Morgan fingerprint density at radius 2 is 2.26 bits per heavy atom. The predicted molar refractivity (Wildman–Crippen MR) is 72.8 cm³/mol. The molecule has 0 saturated heterocycles. The van der Waals surface area contributed by atoms with Crippen LogP contribution in [0.3, 0.4) is 0 Å². The molecule has 0 bridgehead atoms. The zero-order valence-corrected chi connectivity index (χ0v) is 11.3. The highest BCUT2D eigenvalue weighted by Gasteiger charge is 2.15. The molecule has 2 heterocycles. The van der Waals surface area contributed by atoms with Crippen molar-refractivity contribution < 1.29 is 9.47 Å². The number of aromatic nitrogens is 1. The highest BCUT2D eigenvalue weighted by molar-refractivity contribution is 7.07. The van der Waals surface area contributed by atoms with Gasteiger partial charge in [-0.1, -0.05) is 17.4 Å². The third kappa shape index (κ3) is 2.64. The predicted octanol–water partition coefficient (Wildman–Crippen LogP) is 2.02. The van der Waals surface area contributed by atoms with Gasteiger partial charge in [0.1, 0.15) is 0 Å². The Balaban J connectivity index is 1.67. The maximum Gasteiger partial charge on any atom is 0.304 e. The molecule has 6 heteroatoms. The fourth-order valence-electron chi connectivity index (χ4n) is 1.96. The van der Waals surface area contributed by atoms with Crippen LogP contribution >= 0.6 is 11.3 Å². The Labute approximate surface area is 114 Å². The first-order valence-corrected chi connectivity index (χ1v) is 6.90. The Kier molecular flexibility index (Phi) is 3.27. The van der Waals surface area contributed by atoms with E-state index in [0.717, 1.165) is 22.8 Å². The lowest BCUT2D eigenvalue weighted by molar-refractivity contribution is 0.174. The molecule has 0 saturated carbocycles. The second kappa shape index (κ2) is 5.07. The van der Waals surface area contributed by atoms with Crippen molar-refractivity contribution in [2.24, 2.45) is 0 Å². The topological polar surface area (TPSA) is 63.4 Å². The second-order valence-corrected chi connectivity index (χ2v) is 5.23. The van der Waals surface area contributed by atoms with Gasteiger partial charge in [0.2, 0.25) is 6.79 Å².